The second kappa shape index (κ2) is 10.2. The zero-order valence-electron chi connectivity index (χ0n) is 22.1. The third-order valence-corrected chi connectivity index (χ3v) is 7.83. The molecule has 1 aliphatic rings. The van der Waals surface area contributed by atoms with Crippen LogP contribution in [0.3, 0.4) is 0 Å². The highest BCUT2D eigenvalue weighted by Gasteiger charge is 2.41. The molecule has 3 amide bonds. The summed E-state index contributed by atoms with van der Waals surface area (Å²) in [6, 6.07) is 31.6. The number of nitrogens with zero attached hydrogens (tertiary/aromatic N) is 1. The van der Waals surface area contributed by atoms with E-state index in [1.807, 2.05) is 72.8 Å². The van der Waals surface area contributed by atoms with Gasteiger partial charge >= 0.3 is 0 Å². The van der Waals surface area contributed by atoms with Gasteiger partial charge in [0.1, 0.15) is 12.2 Å². The maximum Gasteiger partial charge on any atom is 0.286 e. The second-order valence-corrected chi connectivity index (χ2v) is 10.6. The monoisotopic (exact) mass is 573 g/mol. The van der Waals surface area contributed by atoms with Crippen molar-refractivity contribution in [2.45, 2.75) is 6.04 Å². The molecule has 2 aromatic heterocycles. The van der Waals surface area contributed by atoms with Crippen molar-refractivity contribution < 1.29 is 14.4 Å². The standard InChI is InChI=1S/C33H24ClN5O3/c34-21-14-15-25-20(16-21)17-27(35-25)32(41)38-37-28(40)18-39-31(22-10-4-5-11-23(22)33(39)42)29-24-12-6-7-13-26(24)36-30(29)19-8-2-1-3-9-19/h1-17,31,35-36H,18H2,(H,37,40)(H,38,41). The van der Waals surface area contributed by atoms with E-state index < -0.39 is 17.9 Å². The first-order valence-electron chi connectivity index (χ1n) is 13.4. The van der Waals surface area contributed by atoms with Gasteiger partial charge in [0.2, 0.25) is 0 Å². The summed E-state index contributed by atoms with van der Waals surface area (Å²) in [5, 5.41) is 2.29. The van der Waals surface area contributed by atoms with Crippen molar-refractivity contribution in [2.75, 3.05) is 6.54 Å². The summed E-state index contributed by atoms with van der Waals surface area (Å²) in [5.41, 5.74) is 11.0. The molecule has 0 radical (unpaired) electrons. The molecule has 1 atom stereocenters. The Labute approximate surface area is 245 Å². The van der Waals surface area contributed by atoms with Crippen molar-refractivity contribution in [3.05, 3.63) is 131 Å². The number of benzene rings is 4. The predicted octanol–water partition coefficient (Wildman–Crippen LogP) is 5.98. The second-order valence-electron chi connectivity index (χ2n) is 10.2. The van der Waals surface area contributed by atoms with Crippen LogP contribution in [0.25, 0.3) is 33.1 Å². The molecule has 8 nitrogen and oxygen atoms in total. The highest BCUT2D eigenvalue weighted by atomic mass is 35.5. The van der Waals surface area contributed by atoms with Crippen LogP contribution in [0.4, 0.5) is 0 Å². The van der Waals surface area contributed by atoms with E-state index in [4.69, 9.17) is 11.6 Å². The number of fused-ring (bicyclic) bond motifs is 3. The lowest BCUT2D eigenvalue weighted by molar-refractivity contribution is -0.122. The van der Waals surface area contributed by atoms with Crippen molar-refractivity contribution >= 4 is 51.1 Å². The Morgan fingerprint density at radius 2 is 1.57 bits per heavy atom. The molecule has 0 bridgehead atoms. The molecule has 0 fully saturated rings. The molecular formula is C33H24ClN5O3. The number of amides is 3. The van der Waals surface area contributed by atoms with Crippen molar-refractivity contribution in [2.24, 2.45) is 0 Å². The number of aromatic nitrogens is 2. The van der Waals surface area contributed by atoms with Gasteiger partial charge in [0, 0.05) is 38.0 Å². The summed E-state index contributed by atoms with van der Waals surface area (Å²) >= 11 is 6.06. The molecule has 1 aliphatic heterocycles. The summed E-state index contributed by atoms with van der Waals surface area (Å²) in [4.78, 5) is 47.9. The van der Waals surface area contributed by atoms with Crippen LogP contribution in [0.5, 0.6) is 0 Å². The van der Waals surface area contributed by atoms with Gasteiger partial charge in [-0.2, -0.15) is 0 Å². The Kier molecular flexibility index (Phi) is 6.25. The minimum atomic E-state index is -0.533. The van der Waals surface area contributed by atoms with Crippen LogP contribution in [0.2, 0.25) is 5.02 Å². The first kappa shape index (κ1) is 25.6. The smallest absolute Gasteiger partial charge is 0.286 e. The quantitative estimate of drug-likeness (QED) is 0.191. The molecule has 1 unspecified atom stereocenters. The van der Waals surface area contributed by atoms with Gasteiger partial charge < -0.3 is 14.9 Å². The largest absolute Gasteiger partial charge is 0.354 e. The highest BCUT2D eigenvalue weighted by molar-refractivity contribution is 6.31. The van der Waals surface area contributed by atoms with E-state index in [2.05, 4.69) is 20.8 Å². The Bertz CT molecular complexity index is 2010. The number of carbonyl (C=O) groups excluding carboxylic acids is 3. The summed E-state index contributed by atoms with van der Waals surface area (Å²) in [6.45, 7) is -0.269. The Hall–Kier alpha value is -5.34. The van der Waals surface area contributed by atoms with Crippen molar-refractivity contribution in [3.8, 4) is 11.3 Å². The van der Waals surface area contributed by atoms with Crippen LogP contribution in [-0.4, -0.2) is 39.1 Å². The zero-order chi connectivity index (χ0) is 28.8. The number of aromatic amines is 2. The minimum absolute atomic E-state index is 0.256. The van der Waals surface area contributed by atoms with Crippen molar-refractivity contribution in [1.29, 1.82) is 0 Å². The fraction of sp³-hybridized carbons (Fsp3) is 0.0606. The van der Waals surface area contributed by atoms with Crippen molar-refractivity contribution in [1.82, 2.24) is 25.7 Å². The number of halogens is 1. The van der Waals surface area contributed by atoms with E-state index in [1.54, 1.807) is 35.2 Å². The molecule has 0 aliphatic carbocycles. The lowest BCUT2D eigenvalue weighted by atomic mass is 9.93. The van der Waals surface area contributed by atoms with Crippen LogP contribution in [0, 0.1) is 0 Å². The average Bonchev–Trinajstić information content (AvgIpc) is 3.68. The maximum absolute atomic E-state index is 13.7. The van der Waals surface area contributed by atoms with Gasteiger partial charge in [-0.3, -0.25) is 25.2 Å². The van der Waals surface area contributed by atoms with Gasteiger partial charge in [0.25, 0.3) is 17.7 Å². The summed E-state index contributed by atoms with van der Waals surface area (Å²) in [6.07, 6.45) is 0. The maximum atomic E-state index is 13.7. The molecule has 9 heteroatoms. The predicted molar refractivity (Wildman–Crippen MR) is 162 cm³/mol. The van der Waals surface area contributed by atoms with Gasteiger partial charge in [0.05, 0.1) is 11.7 Å². The SMILES string of the molecule is O=C(CN1C(=O)c2ccccc2C1c1c(-c2ccccc2)[nH]c2ccccc12)NNC(=O)c1cc2cc(Cl)ccc2[nH]1. The Morgan fingerprint density at radius 3 is 2.43 bits per heavy atom. The molecule has 3 heterocycles. The van der Waals surface area contributed by atoms with Gasteiger partial charge in [-0.1, -0.05) is 78.3 Å². The fourth-order valence-corrected chi connectivity index (χ4v) is 5.92. The van der Waals surface area contributed by atoms with Gasteiger partial charge in [-0.05, 0) is 47.5 Å². The van der Waals surface area contributed by atoms with E-state index in [-0.39, 0.29) is 18.1 Å². The van der Waals surface area contributed by atoms with Gasteiger partial charge in [-0.25, -0.2) is 0 Å². The summed E-state index contributed by atoms with van der Waals surface area (Å²) < 4.78 is 0. The molecule has 4 aromatic carbocycles. The molecule has 4 N–H and O–H groups in total. The van der Waals surface area contributed by atoms with Crippen LogP contribution in [0.1, 0.15) is 38.0 Å². The van der Waals surface area contributed by atoms with E-state index in [0.29, 0.717) is 10.6 Å². The number of H-pyrrole nitrogens is 2. The number of hydrogen-bond acceptors (Lipinski definition) is 3. The molecule has 0 spiro atoms. The molecule has 6 aromatic rings. The van der Waals surface area contributed by atoms with E-state index in [1.165, 1.54) is 0 Å². The lowest BCUT2D eigenvalue weighted by Crippen LogP contribution is -2.47. The number of hydrazine groups is 1. The zero-order valence-corrected chi connectivity index (χ0v) is 22.9. The molecular weight excluding hydrogens is 550 g/mol. The van der Waals surface area contributed by atoms with Gasteiger partial charge in [-0.15, -0.1) is 0 Å². The number of carbonyl (C=O) groups is 3. The van der Waals surface area contributed by atoms with Crippen LogP contribution >= 0.6 is 11.6 Å². The average molecular weight is 574 g/mol. The number of rotatable bonds is 5. The van der Waals surface area contributed by atoms with Gasteiger partial charge in [0.15, 0.2) is 0 Å². The summed E-state index contributed by atoms with van der Waals surface area (Å²) in [5.74, 6) is -1.31. The first-order chi connectivity index (χ1) is 20.5. The molecule has 0 saturated carbocycles. The first-order valence-corrected chi connectivity index (χ1v) is 13.8. The minimum Gasteiger partial charge on any atom is -0.354 e. The van der Waals surface area contributed by atoms with Crippen LogP contribution in [-0.2, 0) is 4.79 Å². The lowest BCUT2D eigenvalue weighted by Gasteiger charge is -2.26. The highest BCUT2D eigenvalue weighted by Crippen LogP contribution is 2.45. The molecule has 0 saturated heterocycles. The normalized spacial score (nSPS) is 14.4. The third-order valence-electron chi connectivity index (χ3n) is 7.60. The van der Waals surface area contributed by atoms with E-state index in [9.17, 15) is 14.4 Å². The number of nitrogens with one attached hydrogen (secondary N) is 4. The van der Waals surface area contributed by atoms with E-state index >= 15 is 0 Å². The van der Waals surface area contributed by atoms with Crippen molar-refractivity contribution in [3.63, 3.8) is 0 Å². The third kappa shape index (κ3) is 4.38. The molecule has 206 valence electrons. The van der Waals surface area contributed by atoms with Crippen LogP contribution in [0.15, 0.2) is 103 Å². The molecule has 7 rings (SSSR count). The Morgan fingerprint density at radius 1 is 0.810 bits per heavy atom. The Balaban J connectivity index is 1.20. The fourth-order valence-electron chi connectivity index (χ4n) is 5.74. The van der Waals surface area contributed by atoms with E-state index in [0.717, 1.165) is 44.2 Å². The molecule has 42 heavy (non-hydrogen) atoms. The number of hydrogen-bond donors (Lipinski definition) is 4. The number of para-hydroxylation sites is 1. The topological polar surface area (TPSA) is 110 Å². The summed E-state index contributed by atoms with van der Waals surface area (Å²) in [7, 11) is 0. The van der Waals surface area contributed by atoms with Crippen LogP contribution < -0.4 is 10.9 Å².